The summed E-state index contributed by atoms with van der Waals surface area (Å²) in [5, 5.41) is 9.12. The zero-order valence-corrected chi connectivity index (χ0v) is 15.3. The predicted octanol–water partition coefficient (Wildman–Crippen LogP) is -0.0615. The first-order chi connectivity index (χ1) is 13.6. The third kappa shape index (κ3) is 3.69. The Hall–Kier alpha value is -3.34. The molecule has 0 atom stereocenters. The fourth-order valence-electron chi connectivity index (χ4n) is 3.15. The Morgan fingerprint density at radius 2 is 1.96 bits per heavy atom. The standard InChI is InChI=1S/C17H20N6O5/c1-26-12-7-14-13(27-10-28-14)6-11(12)20-15(24)8-22-2-4-23(5-3-22)17(25)16-18-9-19-21-16/h6-7,9H,2-5,8,10H2,1H3,(H,20,24)(H,18,19,21). The summed E-state index contributed by atoms with van der Waals surface area (Å²) in [5.74, 6) is 1.51. The molecular weight excluding hydrogens is 368 g/mol. The molecule has 2 aliphatic rings. The Kier molecular flexibility index (Phi) is 4.98. The van der Waals surface area contributed by atoms with Crippen molar-refractivity contribution in [2.45, 2.75) is 0 Å². The van der Waals surface area contributed by atoms with E-state index in [2.05, 4.69) is 20.5 Å². The second-order valence-corrected chi connectivity index (χ2v) is 6.36. The van der Waals surface area contributed by atoms with Crippen LogP contribution in [0.2, 0.25) is 0 Å². The number of nitrogens with one attached hydrogen (secondary N) is 2. The third-order valence-electron chi connectivity index (χ3n) is 4.61. The summed E-state index contributed by atoms with van der Waals surface area (Å²) in [6.45, 7) is 2.56. The van der Waals surface area contributed by atoms with E-state index in [9.17, 15) is 9.59 Å². The molecular formula is C17H20N6O5. The normalized spacial score (nSPS) is 16.1. The average molecular weight is 388 g/mol. The fourth-order valence-corrected chi connectivity index (χ4v) is 3.15. The zero-order chi connectivity index (χ0) is 19.5. The van der Waals surface area contributed by atoms with Crippen molar-refractivity contribution in [3.63, 3.8) is 0 Å². The van der Waals surface area contributed by atoms with Gasteiger partial charge in [0.1, 0.15) is 12.1 Å². The monoisotopic (exact) mass is 388 g/mol. The summed E-state index contributed by atoms with van der Waals surface area (Å²) >= 11 is 0. The molecule has 0 bridgehead atoms. The molecule has 0 saturated carbocycles. The Balaban J connectivity index is 1.31. The maximum atomic E-state index is 12.5. The summed E-state index contributed by atoms with van der Waals surface area (Å²) in [7, 11) is 1.53. The lowest BCUT2D eigenvalue weighted by molar-refractivity contribution is -0.117. The van der Waals surface area contributed by atoms with Crippen LogP contribution in [0.15, 0.2) is 18.5 Å². The van der Waals surface area contributed by atoms with Gasteiger partial charge in [-0.05, 0) is 0 Å². The van der Waals surface area contributed by atoms with Crippen LogP contribution >= 0.6 is 0 Å². The lowest BCUT2D eigenvalue weighted by Gasteiger charge is -2.33. The van der Waals surface area contributed by atoms with E-state index >= 15 is 0 Å². The van der Waals surface area contributed by atoms with Gasteiger partial charge in [-0.3, -0.25) is 19.6 Å². The van der Waals surface area contributed by atoms with Gasteiger partial charge in [0.2, 0.25) is 18.5 Å². The van der Waals surface area contributed by atoms with E-state index in [-0.39, 0.29) is 31.0 Å². The number of methoxy groups -OCH3 is 1. The van der Waals surface area contributed by atoms with Crippen LogP contribution in [0.3, 0.4) is 0 Å². The maximum Gasteiger partial charge on any atom is 0.291 e. The van der Waals surface area contributed by atoms with E-state index in [1.54, 1.807) is 17.0 Å². The van der Waals surface area contributed by atoms with Crippen molar-refractivity contribution >= 4 is 17.5 Å². The summed E-state index contributed by atoms with van der Waals surface area (Å²) in [6.07, 6.45) is 1.30. The molecule has 1 fully saturated rings. The minimum Gasteiger partial charge on any atom is -0.494 e. The number of ether oxygens (including phenoxy) is 3. The molecule has 0 aliphatic carbocycles. The zero-order valence-electron chi connectivity index (χ0n) is 15.3. The van der Waals surface area contributed by atoms with Gasteiger partial charge in [-0.15, -0.1) is 0 Å². The first kappa shape index (κ1) is 18.0. The van der Waals surface area contributed by atoms with E-state index in [0.717, 1.165) is 0 Å². The fraction of sp³-hybridized carbons (Fsp3) is 0.412. The summed E-state index contributed by atoms with van der Waals surface area (Å²) in [4.78, 5) is 32.3. The molecule has 3 heterocycles. The highest BCUT2D eigenvalue weighted by Gasteiger charge is 2.25. The van der Waals surface area contributed by atoms with Crippen molar-refractivity contribution in [1.82, 2.24) is 25.0 Å². The lowest BCUT2D eigenvalue weighted by Crippen LogP contribution is -2.50. The minimum absolute atomic E-state index is 0.146. The molecule has 2 amide bonds. The SMILES string of the molecule is COc1cc2c(cc1NC(=O)CN1CCN(C(=O)c3ncn[nH]3)CC1)OCO2. The number of H-pyrrole nitrogens is 1. The van der Waals surface area contributed by atoms with Crippen LogP contribution in [-0.2, 0) is 4.79 Å². The first-order valence-corrected chi connectivity index (χ1v) is 8.78. The van der Waals surface area contributed by atoms with Crippen molar-refractivity contribution in [2.75, 3.05) is 51.9 Å². The summed E-state index contributed by atoms with van der Waals surface area (Å²) < 4.78 is 16.0. The second kappa shape index (κ2) is 7.72. The number of hydrogen-bond donors (Lipinski definition) is 2. The molecule has 11 nitrogen and oxygen atoms in total. The number of fused-ring (bicyclic) bond motifs is 1. The van der Waals surface area contributed by atoms with Gasteiger partial charge in [0, 0.05) is 38.3 Å². The number of aromatic amines is 1. The minimum atomic E-state index is -0.188. The Morgan fingerprint density at radius 1 is 1.21 bits per heavy atom. The molecule has 2 N–H and O–H groups in total. The predicted molar refractivity (Wildman–Crippen MR) is 96.5 cm³/mol. The molecule has 0 spiro atoms. The van der Waals surface area contributed by atoms with Gasteiger partial charge in [0.05, 0.1) is 19.3 Å². The smallest absolute Gasteiger partial charge is 0.291 e. The molecule has 1 saturated heterocycles. The van der Waals surface area contributed by atoms with Crippen molar-refractivity contribution < 1.29 is 23.8 Å². The largest absolute Gasteiger partial charge is 0.494 e. The van der Waals surface area contributed by atoms with E-state index < -0.39 is 0 Å². The molecule has 1 aromatic heterocycles. The van der Waals surface area contributed by atoms with E-state index in [0.29, 0.717) is 49.1 Å². The highest BCUT2D eigenvalue weighted by Crippen LogP contribution is 2.40. The van der Waals surface area contributed by atoms with Crippen molar-refractivity contribution in [1.29, 1.82) is 0 Å². The van der Waals surface area contributed by atoms with Crippen molar-refractivity contribution in [2.24, 2.45) is 0 Å². The molecule has 1 aromatic carbocycles. The van der Waals surface area contributed by atoms with Gasteiger partial charge in [0.15, 0.2) is 11.5 Å². The van der Waals surface area contributed by atoms with Gasteiger partial charge in [-0.2, -0.15) is 5.10 Å². The number of aromatic nitrogens is 3. The van der Waals surface area contributed by atoms with Gasteiger partial charge in [-0.25, -0.2) is 4.98 Å². The van der Waals surface area contributed by atoms with Crippen LogP contribution in [0.25, 0.3) is 0 Å². The van der Waals surface area contributed by atoms with Crippen LogP contribution < -0.4 is 19.5 Å². The van der Waals surface area contributed by atoms with Gasteiger partial charge in [0.25, 0.3) is 5.91 Å². The number of rotatable bonds is 5. The molecule has 28 heavy (non-hydrogen) atoms. The average Bonchev–Trinajstić information content (AvgIpc) is 3.39. The number of carbonyl (C=O) groups is 2. The summed E-state index contributed by atoms with van der Waals surface area (Å²) in [5.41, 5.74) is 0.524. The van der Waals surface area contributed by atoms with Crippen LogP contribution in [0, 0.1) is 0 Å². The summed E-state index contributed by atoms with van der Waals surface area (Å²) in [6, 6.07) is 3.37. The number of hydrogen-bond acceptors (Lipinski definition) is 8. The van der Waals surface area contributed by atoms with Gasteiger partial charge in [-0.1, -0.05) is 0 Å². The van der Waals surface area contributed by atoms with Crippen molar-refractivity contribution in [3.8, 4) is 17.2 Å². The molecule has 0 radical (unpaired) electrons. The van der Waals surface area contributed by atoms with Crippen molar-refractivity contribution in [3.05, 3.63) is 24.3 Å². The quantitative estimate of drug-likeness (QED) is 0.731. The van der Waals surface area contributed by atoms with Gasteiger partial charge < -0.3 is 24.4 Å². The molecule has 0 unspecified atom stereocenters. The number of amides is 2. The Bertz CT molecular complexity index is 863. The molecule has 148 valence electrons. The number of piperazine rings is 1. The Morgan fingerprint density at radius 3 is 2.64 bits per heavy atom. The first-order valence-electron chi connectivity index (χ1n) is 8.78. The van der Waals surface area contributed by atoms with Crippen LogP contribution in [0.5, 0.6) is 17.2 Å². The van der Waals surface area contributed by atoms with Crippen LogP contribution in [-0.4, -0.2) is 83.4 Å². The number of nitrogens with zero attached hydrogens (tertiary/aromatic N) is 4. The maximum absolute atomic E-state index is 12.5. The molecule has 4 rings (SSSR count). The molecule has 2 aromatic rings. The van der Waals surface area contributed by atoms with Crippen LogP contribution in [0.1, 0.15) is 10.6 Å². The number of anilines is 1. The second-order valence-electron chi connectivity index (χ2n) is 6.36. The Labute approximate surface area is 160 Å². The highest BCUT2D eigenvalue weighted by molar-refractivity contribution is 5.94. The molecule has 11 heteroatoms. The van der Waals surface area contributed by atoms with E-state index in [1.165, 1.54) is 13.4 Å². The molecule has 2 aliphatic heterocycles. The van der Waals surface area contributed by atoms with E-state index in [4.69, 9.17) is 14.2 Å². The third-order valence-corrected chi connectivity index (χ3v) is 4.61. The lowest BCUT2D eigenvalue weighted by atomic mass is 10.2. The number of carbonyl (C=O) groups excluding carboxylic acids is 2. The highest BCUT2D eigenvalue weighted by atomic mass is 16.7. The van der Waals surface area contributed by atoms with Crippen LogP contribution in [0.4, 0.5) is 5.69 Å². The topological polar surface area (TPSA) is 122 Å². The van der Waals surface area contributed by atoms with E-state index in [1.807, 2.05) is 4.90 Å². The number of benzene rings is 1. The van der Waals surface area contributed by atoms with Gasteiger partial charge >= 0.3 is 0 Å².